The highest BCUT2D eigenvalue weighted by atomic mass is 16.5. The van der Waals surface area contributed by atoms with Gasteiger partial charge in [0.1, 0.15) is 22.9 Å². The Kier molecular flexibility index (Phi) is 6.97. The van der Waals surface area contributed by atoms with Crippen LogP contribution >= 0.6 is 0 Å². The van der Waals surface area contributed by atoms with Crippen LogP contribution in [0.5, 0.6) is 5.75 Å². The molecule has 0 saturated carbocycles. The molecule has 1 N–H and O–H groups in total. The number of Topliss-reactive ketones (excluding diaryl/α,β-unsaturated/α-hetero) is 2. The summed E-state index contributed by atoms with van der Waals surface area (Å²) < 4.78 is 10.8. The zero-order valence-electron chi connectivity index (χ0n) is 15.5. The van der Waals surface area contributed by atoms with Gasteiger partial charge in [0, 0.05) is 25.1 Å². The summed E-state index contributed by atoms with van der Waals surface area (Å²) >= 11 is 0. The maximum Gasteiger partial charge on any atom is 0.526 e. The Balaban J connectivity index is 2.08. The van der Waals surface area contributed by atoms with Crippen LogP contribution in [0.15, 0.2) is 18.2 Å². The third-order valence-corrected chi connectivity index (χ3v) is 4.23. The van der Waals surface area contributed by atoms with Crippen molar-refractivity contribution < 1.29 is 28.8 Å². The van der Waals surface area contributed by atoms with E-state index in [-0.39, 0.29) is 42.3 Å². The monoisotopic (exact) mass is 360 g/mol. The Morgan fingerprint density at radius 2 is 2.04 bits per heavy atom. The van der Waals surface area contributed by atoms with E-state index in [0.717, 1.165) is 5.56 Å². The number of fused-ring (bicyclic) bond motifs is 1. The molecule has 0 unspecified atom stereocenters. The van der Waals surface area contributed by atoms with Crippen molar-refractivity contribution in [2.75, 3.05) is 6.61 Å². The van der Waals surface area contributed by atoms with Crippen molar-refractivity contribution >= 4 is 24.7 Å². The minimum absolute atomic E-state index is 0.0336. The summed E-state index contributed by atoms with van der Waals surface area (Å²) in [7, 11) is -1.18. The summed E-state index contributed by atoms with van der Waals surface area (Å²) in [5, 5.41) is 10.3. The maximum atomic E-state index is 12.3. The van der Waals surface area contributed by atoms with Crippen LogP contribution in [-0.4, -0.2) is 36.3 Å². The highest BCUT2D eigenvalue weighted by Crippen LogP contribution is 2.36. The highest BCUT2D eigenvalue weighted by Gasteiger charge is 2.37. The van der Waals surface area contributed by atoms with E-state index in [1.165, 1.54) is 6.92 Å². The van der Waals surface area contributed by atoms with Gasteiger partial charge in [0.25, 0.3) is 0 Å². The van der Waals surface area contributed by atoms with Crippen molar-refractivity contribution in [1.29, 1.82) is 0 Å². The molecule has 1 aromatic carbocycles. The van der Waals surface area contributed by atoms with Crippen LogP contribution in [0.25, 0.3) is 0 Å². The van der Waals surface area contributed by atoms with Crippen LogP contribution in [0.3, 0.4) is 0 Å². The van der Waals surface area contributed by atoms with Crippen molar-refractivity contribution in [3.8, 4) is 5.75 Å². The molecule has 0 radical (unpaired) electrons. The zero-order valence-corrected chi connectivity index (χ0v) is 15.5. The second-order valence-corrected chi connectivity index (χ2v) is 7.20. The van der Waals surface area contributed by atoms with Gasteiger partial charge in [0.2, 0.25) is 0 Å². The van der Waals surface area contributed by atoms with Gasteiger partial charge in [-0.05, 0) is 30.9 Å². The van der Waals surface area contributed by atoms with Crippen molar-refractivity contribution in [2.24, 2.45) is 5.92 Å². The fourth-order valence-electron chi connectivity index (χ4n) is 2.85. The van der Waals surface area contributed by atoms with Gasteiger partial charge in [0.15, 0.2) is 0 Å². The smallest absolute Gasteiger partial charge is 0.526 e. The average Bonchev–Trinajstić information content (AvgIpc) is 2.58. The van der Waals surface area contributed by atoms with Crippen LogP contribution < -0.4 is 4.65 Å². The topological polar surface area (TPSA) is 89.9 Å². The number of hydrogen-bond acceptors (Lipinski definition) is 6. The number of ether oxygens (including phenoxy) is 1. The lowest BCUT2D eigenvalue weighted by atomic mass is 9.64. The first kappa shape index (κ1) is 20.2. The quantitative estimate of drug-likeness (QED) is 0.566. The van der Waals surface area contributed by atoms with E-state index >= 15 is 0 Å². The fourth-order valence-corrected chi connectivity index (χ4v) is 2.85. The Bertz CT molecular complexity index is 685. The van der Waals surface area contributed by atoms with Crippen LogP contribution in [0.2, 0.25) is 5.82 Å². The summed E-state index contributed by atoms with van der Waals surface area (Å²) in [6.07, 6.45) is 0.946. The fraction of sp³-hybridized carbons (Fsp3) is 0.526. The molecule has 0 fully saturated rings. The number of para-hydroxylation sites is 1. The molecule has 7 heteroatoms. The van der Waals surface area contributed by atoms with Gasteiger partial charge in [-0.1, -0.05) is 26.0 Å². The SMILES string of the molecule is CC(=O)CCC(=O)C[C@H]1Cc2cccc(C(=O)OCC(C)C)c2OB1O. The second kappa shape index (κ2) is 8.99. The number of rotatable bonds is 8. The van der Waals surface area contributed by atoms with Crippen molar-refractivity contribution in [3.05, 3.63) is 29.3 Å². The van der Waals surface area contributed by atoms with E-state index in [0.29, 0.717) is 18.8 Å². The molecule has 0 spiro atoms. The second-order valence-electron chi connectivity index (χ2n) is 7.20. The first-order valence-electron chi connectivity index (χ1n) is 8.92. The Hall–Kier alpha value is -2.15. The molecule has 0 bridgehead atoms. The summed E-state index contributed by atoms with van der Waals surface area (Å²) in [6, 6.07) is 5.15. The number of hydrogen-bond donors (Lipinski definition) is 1. The van der Waals surface area contributed by atoms with E-state index in [4.69, 9.17) is 9.39 Å². The Morgan fingerprint density at radius 1 is 1.31 bits per heavy atom. The van der Waals surface area contributed by atoms with Gasteiger partial charge in [-0.25, -0.2) is 4.79 Å². The van der Waals surface area contributed by atoms with E-state index in [2.05, 4.69) is 0 Å². The summed E-state index contributed by atoms with van der Waals surface area (Å²) in [5.41, 5.74) is 1.04. The first-order chi connectivity index (χ1) is 12.3. The third-order valence-electron chi connectivity index (χ3n) is 4.23. The Labute approximate surface area is 154 Å². The molecule has 1 heterocycles. The third kappa shape index (κ3) is 5.43. The average molecular weight is 360 g/mol. The lowest BCUT2D eigenvalue weighted by Crippen LogP contribution is -2.36. The van der Waals surface area contributed by atoms with E-state index < -0.39 is 18.9 Å². The summed E-state index contributed by atoms with van der Waals surface area (Å²) in [4.78, 5) is 35.3. The number of esters is 1. The molecule has 1 aliphatic rings. The zero-order chi connectivity index (χ0) is 19.3. The standard InChI is InChI=1S/C19H25BO6/c1-12(2)11-25-19(23)17-6-4-5-14-9-15(20(24)26-18(14)17)10-16(22)8-7-13(3)21/h4-6,12,15,24H,7-11H2,1-3H3/t15-/m1/s1. The minimum Gasteiger partial charge on any atom is -0.535 e. The maximum absolute atomic E-state index is 12.3. The molecule has 2 rings (SSSR count). The summed E-state index contributed by atoms with van der Waals surface area (Å²) in [5.74, 6) is -0.461. The molecule has 1 atom stereocenters. The summed E-state index contributed by atoms with van der Waals surface area (Å²) in [6.45, 7) is 5.64. The van der Waals surface area contributed by atoms with Gasteiger partial charge in [-0.2, -0.15) is 0 Å². The highest BCUT2D eigenvalue weighted by molar-refractivity contribution is 6.47. The van der Waals surface area contributed by atoms with Crippen molar-refractivity contribution in [3.63, 3.8) is 0 Å². The lowest BCUT2D eigenvalue weighted by Gasteiger charge is -2.28. The van der Waals surface area contributed by atoms with Crippen LogP contribution in [0.1, 0.15) is 56.0 Å². The van der Waals surface area contributed by atoms with E-state index in [1.54, 1.807) is 12.1 Å². The van der Waals surface area contributed by atoms with Crippen molar-refractivity contribution in [1.82, 2.24) is 0 Å². The molecular weight excluding hydrogens is 335 g/mol. The van der Waals surface area contributed by atoms with Crippen LogP contribution in [0.4, 0.5) is 0 Å². The van der Waals surface area contributed by atoms with Gasteiger partial charge < -0.3 is 19.2 Å². The lowest BCUT2D eigenvalue weighted by molar-refractivity contribution is -0.123. The number of benzene rings is 1. The predicted octanol–water partition coefficient (Wildman–Crippen LogP) is 2.61. The van der Waals surface area contributed by atoms with Crippen LogP contribution in [-0.2, 0) is 20.7 Å². The number of ketones is 2. The van der Waals surface area contributed by atoms with E-state index in [1.807, 2.05) is 19.9 Å². The predicted molar refractivity (Wildman–Crippen MR) is 97.2 cm³/mol. The molecule has 1 aromatic rings. The normalized spacial score (nSPS) is 16.0. The molecule has 0 amide bonds. The molecule has 140 valence electrons. The van der Waals surface area contributed by atoms with Crippen LogP contribution in [0, 0.1) is 5.92 Å². The van der Waals surface area contributed by atoms with Gasteiger partial charge in [-0.3, -0.25) is 4.79 Å². The molecule has 0 aliphatic carbocycles. The molecular formula is C19H25BO6. The van der Waals surface area contributed by atoms with Gasteiger partial charge in [-0.15, -0.1) is 0 Å². The number of carbonyl (C=O) groups is 3. The van der Waals surface area contributed by atoms with Gasteiger partial charge >= 0.3 is 13.1 Å². The van der Waals surface area contributed by atoms with Crippen molar-refractivity contribution in [2.45, 2.75) is 52.3 Å². The first-order valence-corrected chi connectivity index (χ1v) is 8.92. The minimum atomic E-state index is -1.18. The molecule has 0 saturated heterocycles. The molecule has 6 nitrogen and oxygen atoms in total. The molecule has 0 aromatic heterocycles. The van der Waals surface area contributed by atoms with E-state index in [9.17, 15) is 19.4 Å². The number of carbonyl (C=O) groups excluding carboxylic acids is 3. The molecule has 26 heavy (non-hydrogen) atoms. The molecule has 1 aliphatic heterocycles. The van der Waals surface area contributed by atoms with Gasteiger partial charge in [0.05, 0.1) is 6.61 Å². The Morgan fingerprint density at radius 3 is 2.69 bits per heavy atom. The largest absolute Gasteiger partial charge is 0.535 e.